The highest BCUT2D eigenvalue weighted by atomic mass is 16.5. The zero-order valence-corrected chi connectivity index (χ0v) is 12.5. The van der Waals surface area contributed by atoms with Crippen LogP contribution in [0.2, 0.25) is 0 Å². The van der Waals surface area contributed by atoms with Gasteiger partial charge in [-0.3, -0.25) is 0 Å². The zero-order valence-electron chi connectivity index (χ0n) is 12.5. The number of benzene rings is 1. The van der Waals surface area contributed by atoms with Crippen molar-refractivity contribution in [2.45, 2.75) is 6.42 Å². The Bertz CT molecular complexity index is 563. The van der Waals surface area contributed by atoms with Gasteiger partial charge in [-0.05, 0) is 18.6 Å². The van der Waals surface area contributed by atoms with Gasteiger partial charge in [0.05, 0.1) is 17.5 Å². The SMILES string of the molecule is CNc1nc(OCCOCCCOC)c2ccccc2n1. The molecule has 21 heavy (non-hydrogen) atoms. The largest absolute Gasteiger partial charge is 0.475 e. The molecule has 114 valence electrons. The molecule has 0 saturated heterocycles. The van der Waals surface area contributed by atoms with Crippen LogP contribution in [0.3, 0.4) is 0 Å². The van der Waals surface area contributed by atoms with Crippen LogP contribution in [-0.4, -0.2) is 50.6 Å². The molecule has 1 N–H and O–H groups in total. The summed E-state index contributed by atoms with van der Waals surface area (Å²) in [6.07, 6.45) is 0.886. The summed E-state index contributed by atoms with van der Waals surface area (Å²) >= 11 is 0. The molecule has 0 amide bonds. The predicted molar refractivity (Wildman–Crippen MR) is 81.9 cm³/mol. The number of hydrogen-bond acceptors (Lipinski definition) is 6. The predicted octanol–water partition coefficient (Wildman–Crippen LogP) is 2.10. The molecule has 0 fully saturated rings. The standard InChI is InChI=1S/C15H21N3O3/c1-16-15-17-13-7-4-3-6-12(13)14(18-15)21-11-10-20-9-5-8-19-2/h3-4,6-7H,5,8-11H2,1-2H3,(H,16,17,18). The van der Waals surface area contributed by atoms with Gasteiger partial charge in [-0.25, -0.2) is 4.98 Å². The molecule has 6 nitrogen and oxygen atoms in total. The third kappa shape index (κ3) is 4.54. The van der Waals surface area contributed by atoms with Gasteiger partial charge in [-0.15, -0.1) is 0 Å². The molecule has 2 aromatic rings. The highest BCUT2D eigenvalue weighted by molar-refractivity contribution is 5.84. The molecule has 0 aliphatic carbocycles. The van der Waals surface area contributed by atoms with Crippen LogP contribution in [0.25, 0.3) is 10.9 Å². The number of para-hydroxylation sites is 1. The Kier molecular flexibility index (Phi) is 6.18. The Morgan fingerprint density at radius 1 is 1.05 bits per heavy atom. The minimum atomic E-state index is 0.456. The lowest BCUT2D eigenvalue weighted by Crippen LogP contribution is -2.10. The molecule has 0 aliphatic heterocycles. The smallest absolute Gasteiger partial charge is 0.226 e. The second-order valence-corrected chi connectivity index (χ2v) is 4.43. The molecular formula is C15H21N3O3. The van der Waals surface area contributed by atoms with Crippen molar-refractivity contribution in [2.24, 2.45) is 0 Å². The van der Waals surface area contributed by atoms with Crippen LogP contribution in [0, 0.1) is 0 Å². The van der Waals surface area contributed by atoms with Crippen molar-refractivity contribution in [3.63, 3.8) is 0 Å². The van der Waals surface area contributed by atoms with Crippen molar-refractivity contribution in [3.05, 3.63) is 24.3 Å². The van der Waals surface area contributed by atoms with Crippen molar-refractivity contribution >= 4 is 16.9 Å². The molecule has 0 radical (unpaired) electrons. The van der Waals surface area contributed by atoms with E-state index in [-0.39, 0.29) is 0 Å². The lowest BCUT2D eigenvalue weighted by molar-refractivity contribution is 0.0800. The van der Waals surface area contributed by atoms with Gasteiger partial charge >= 0.3 is 0 Å². The molecule has 0 spiro atoms. The summed E-state index contributed by atoms with van der Waals surface area (Å²) in [5.74, 6) is 1.12. The first-order valence-corrected chi connectivity index (χ1v) is 6.99. The lowest BCUT2D eigenvalue weighted by atomic mass is 10.2. The normalized spacial score (nSPS) is 10.8. The Labute approximate surface area is 124 Å². The Morgan fingerprint density at radius 2 is 1.90 bits per heavy atom. The Hall–Kier alpha value is -1.92. The van der Waals surface area contributed by atoms with E-state index in [2.05, 4.69) is 15.3 Å². The number of nitrogens with one attached hydrogen (secondary N) is 1. The quantitative estimate of drug-likeness (QED) is 0.714. The Balaban J connectivity index is 1.91. The maximum atomic E-state index is 5.72. The molecule has 1 aromatic heterocycles. The van der Waals surface area contributed by atoms with Gasteiger partial charge in [-0.2, -0.15) is 4.98 Å². The van der Waals surface area contributed by atoms with Crippen LogP contribution in [-0.2, 0) is 9.47 Å². The first-order chi connectivity index (χ1) is 10.3. The van der Waals surface area contributed by atoms with Gasteiger partial charge in [0.1, 0.15) is 6.61 Å². The van der Waals surface area contributed by atoms with Gasteiger partial charge in [0, 0.05) is 27.4 Å². The van der Waals surface area contributed by atoms with Crippen LogP contribution in [0.15, 0.2) is 24.3 Å². The fourth-order valence-electron chi connectivity index (χ4n) is 1.87. The minimum absolute atomic E-state index is 0.456. The van der Waals surface area contributed by atoms with E-state index < -0.39 is 0 Å². The van der Waals surface area contributed by atoms with Gasteiger partial charge in [0.15, 0.2) is 0 Å². The number of methoxy groups -OCH3 is 1. The summed E-state index contributed by atoms with van der Waals surface area (Å²) < 4.78 is 16.1. The summed E-state index contributed by atoms with van der Waals surface area (Å²) in [6, 6.07) is 7.77. The maximum Gasteiger partial charge on any atom is 0.226 e. The summed E-state index contributed by atoms with van der Waals surface area (Å²) in [5.41, 5.74) is 0.855. The summed E-state index contributed by atoms with van der Waals surface area (Å²) in [4.78, 5) is 8.73. The van der Waals surface area contributed by atoms with Crippen molar-refractivity contribution in [2.75, 3.05) is 45.9 Å². The van der Waals surface area contributed by atoms with Crippen LogP contribution >= 0.6 is 0 Å². The van der Waals surface area contributed by atoms with Crippen molar-refractivity contribution in [1.29, 1.82) is 0 Å². The van der Waals surface area contributed by atoms with E-state index in [1.54, 1.807) is 14.2 Å². The minimum Gasteiger partial charge on any atom is -0.475 e. The molecule has 6 heteroatoms. The second kappa shape index (κ2) is 8.39. The van der Waals surface area contributed by atoms with Gasteiger partial charge < -0.3 is 19.5 Å². The third-order valence-electron chi connectivity index (χ3n) is 2.90. The lowest BCUT2D eigenvalue weighted by Gasteiger charge is -2.10. The highest BCUT2D eigenvalue weighted by Crippen LogP contribution is 2.23. The molecule has 1 heterocycles. The summed E-state index contributed by atoms with van der Waals surface area (Å²) in [5, 5.41) is 3.84. The van der Waals surface area contributed by atoms with E-state index in [1.807, 2.05) is 24.3 Å². The van der Waals surface area contributed by atoms with Crippen LogP contribution in [0.5, 0.6) is 5.88 Å². The van der Waals surface area contributed by atoms with Crippen LogP contribution < -0.4 is 10.1 Å². The fourth-order valence-corrected chi connectivity index (χ4v) is 1.87. The number of anilines is 1. The number of aromatic nitrogens is 2. The molecular weight excluding hydrogens is 270 g/mol. The monoisotopic (exact) mass is 291 g/mol. The van der Waals surface area contributed by atoms with E-state index in [4.69, 9.17) is 14.2 Å². The van der Waals surface area contributed by atoms with Crippen molar-refractivity contribution in [3.8, 4) is 5.88 Å². The number of nitrogens with zero attached hydrogens (tertiary/aromatic N) is 2. The average molecular weight is 291 g/mol. The average Bonchev–Trinajstić information content (AvgIpc) is 2.53. The first kappa shape index (κ1) is 15.5. The van der Waals surface area contributed by atoms with Gasteiger partial charge in [-0.1, -0.05) is 12.1 Å². The van der Waals surface area contributed by atoms with E-state index in [9.17, 15) is 0 Å². The first-order valence-electron chi connectivity index (χ1n) is 6.99. The zero-order chi connectivity index (χ0) is 14.9. The third-order valence-corrected chi connectivity index (χ3v) is 2.90. The summed E-state index contributed by atoms with van der Waals surface area (Å²) in [6.45, 7) is 2.36. The number of hydrogen-bond donors (Lipinski definition) is 1. The Morgan fingerprint density at radius 3 is 2.71 bits per heavy atom. The van der Waals surface area contributed by atoms with Gasteiger partial charge in [0.25, 0.3) is 0 Å². The fraction of sp³-hybridized carbons (Fsp3) is 0.467. The molecule has 0 atom stereocenters. The van der Waals surface area contributed by atoms with E-state index in [0.29, 0.717) is 38.3 Å². The molecule has 0 unspecified atom stereocenters. The topological polar surface area (TPSA) is 65.5 Å². The van der Waals surface area contributed by atoms with Crippen molar-refractivity contribution in [1.82, 2.24) is 9.97 Å². The molecule has 0 bridgehead atoms. The number of ether oxygens (including phenoxy) is 3. The number of fused-ring (bicyclic) bond motifs is 1. The van der Waals surface area contributed by atoms with E-state index in [0.717, 1.165) is 17.3 Å². The summed E-state index contributed by atoms with van der Waals surface area (Å²) in [7, 11) is 3.47. The maximum absolute atomic E-state index is 5.72. The number of rotatable bonds is 9. The van der Waals surface area contributed by atoms with Crippen LogP contribution in [0.4, 0.5) is 5.95 Å². The second-order valence-electron chi connectivity index (χ2n) is 4.43. The molecule has 0 saturated carbocycles. The van der Waals surface area contributed by atoms with Crippen LogP contribution in [0.1, 0.15) is 6.42 Å². The molecule has 0 aliphatic rings. The van der Waals surface area contributed by atoms with E-state index >= 15 is 0 Å². The van der Waals surface area contributed by atoms with Gasteiger partial charge in [0.2, 0.25) is 11.8 Å². The van der Waals surface area contributed by atoms with E-state index in [1.165, 1.54) is 0 Å². The van der Waals surface area contributed by atoms with Crippen molar-refractivity contribution < 1.29 is 14.2 Å². The highest BCUT2D eigenvalue weighted by Gasteiger charge is 2.07. The molecule has 1 aromatic carbocycles. The molecule has 2 rings (SSSR count).